The predicted octanol–water partition coefficient (Wildman–Crippen LogP) is 3.27. The van der Waals surface area contributed by atoms with E-state index in [9.17, 15) is 19.7 Å². The molecule has 0 unspecified atom stereocenters. The molecule has 0 radical (unpaired) electrons. The second-order valence-corrected chi connectivity index (χ2v) is 6.67. The number of hydrogen-bond donors (Lipinski definition) is 3. The second kappa shape index (κ2) is 9.16. The molecule has 2 aromatic carbocycles. The number of anilines is 1. The van der Waals surface area contributed by atoms with Crippen molar-refractivity contribution in [3.63, 3.8) is 0 Å². The molecule has 0 bridgehead atoms. The minimum atomic E-state index is -0.739. The largest absolute Gasteiger partial charge is 0.493 e. The summed E-state index contributed by atoms with van der Waals surface area (Å²) in [4.78, 5) is 35.5. The highest BCUT2D eigenvalue weighted by Crippen LogP contribution is 2.34. The Labute approximate surface area is 178 Å². The molecule has 1 heterocycles. The van der Waals surface area contributed by atoms with Gasteiger partial charge in [-0.25, -0.2) is 4.79 Å². The highest BCUT2D eigenvalue weighted by Gasteiger charge is 2.32. The van der Waals surface area contributed by atoms with Crippen LogP contribution in [0.15, 0.2) is 53.7 Å². The van der Waals surface area contributed by atoms with E-state index in [2.05, 4.69) is 16.0 Å². The first-order valence-corrected chi connectivity index (χ1v) is 9.48. The van der Waals surface area contributed by atoms with Gasteiger partial charge >= 0.3 is 6.03 Å². The van der Waals surface area contributed by atoms with Crippen LogP contribution in [-0.4, -0.2) is 30.6 Å². The number of nitrogens with zero attached hydrogens (tertiary/aromatic N) is 1. The summed E-state index contributed by atoms with van der Waals surface area (Å²) in [5, 5.41) is 18.9. The first-order chi connectivity index (χ1) is 14.8. The average molecular weight is 426 g/mol. The van der Waals surface area contributed by atoms with Crippen LogP contribution in [0.5, 0.6) is 11.5 Å². The molecule has 0 spiro atoms. The van der Waals surface area contributed by atoms with E-state index in [1.165, 1.54) is 31.4 Å². The molecule has 1 atom stereocenters. The number of hydrogen-bond acceptors (Lipinski definition) is 6. The number of nitro benzene ring substituents is 1. The third-order valence-corrected chi connectivity index (χ3v) is 4.67. The molecule has 31 heavy (non-hydrogen) atoms. The van der Waals surface area contributed by atoms with Crippen LogP contribution in [0.4, 0.5) is 16.2 Å². The standard InChI is InChI=1S/C21H22N4O6/c1-4-31-16-10-5-13(11-17(16)30-3)19-18(12(2)22-21(27)24-19)20(26)23-14-6-8-15(9-7-14)25(28)29/h5-11,19H,4H2,1-3H3,(H,23,26)(H2,22,24,27)/t19-/m0/s1. The highest BCUT2D eigenvalue weighted by molar-refractivity contribution is 6.06. The molecule has 10 nitrogen and oxygen atoms in total. The molecule has 162 valence electrons. The van der Waals surface area contributed by atoms with Gasteiger partial charge in [0.1, 0.15) is 0 Å². The monoisotopic (exact) mass is 426 g/mol. The maximum absolute atomic E-state index is 13.1. The molecule has 3 N–H and O–H groups in total. The molecule has 0 fully saturated rings. The van der Waals surface area contributed by atoms with Gasteiger partial charge in [-0.05, 0) is 43.7 Å². The number of carbonyl (C=O) groups is 2. The fraction of sp³-hybridized carbons (Fsp3) is 0.238. The van der Waals surface area contributed by atoms with Gasteiger partial charge in [0.05, 0.1) is 30.3 Å². The Morgan fingerprint density at radius 3 is 2.52 bits per heavy atom. The zero-order valence-corrected chi connectivity index (χ0v) is 17.2. The van der Waals surface area contributed by atoms with E-state index in [4.69, 9.17) is 9.47 Å². The molecule has 10 heteroatoms. The van der Waals surface area contributed by atoms with Crippen LogP contribution < -0.4 is 25.4 Å². The summed E-state index contributed by atoms with van der Waals surface area (Å²) in [5.74, 6) is 0.559. The lowest BCUT2D eigenvalue weighted by molar-refractivity contribution is -0.384. The van der Waals surface area contributed by atoms with Crippen molar-refractivity contribution in [1.29, 1.82) is 0 Å². The Kier molecular flexibility index (Phi) is 6.39. The van der Waals surface area contributed by atoms with Gasteiger partial charge in [-0.15, -0.1) is 0 Å². The number of benzene rings is 2. The van der Waals surface area contributed by atoms with Crippen LogP contribution in [0.1, 0.15) is 25.5 Å². The zero-order valence-electron chi connectivity index (χ0n) is 17.2. The van der Waals surface area contributed by atoms with Gasteiger partial charge in [-0.1, -0.05) is 6.07 Å². The van der Waals surface area contributed by atoms with E-state index in [0.717, 1.165) is 0 Å². The predicted molar refractivity (Wildman–Crippen MR) is 113 cm³/mol. The Balaban J connectivity index is 1.92. The summed E-state index contributed by atoms with van der Waals surface area (Å²) >= 11 is 0. The van der Waals surface area contributed by atoms with Gasteiger partial charge in [0.25, 0.3) is 11.6 Å². The van der Waals surface area contributed by atoms with Crippen LogP contribution in [0.25, 0.3) is 0 Å². The van der Waals surface area contributed by atoms with Gasteiger partial charge in [-0.2, -0.15) is 0 Å². The highest BCUT2D eigenvalue weighted by atomic mass is 16.6. The molecule has 1 aliphatic heterocycles. The van der Waals surface area contributed by atoms with Crippen molar-refractivity contribution < 1.29 is 24.0 Å². The maximum Gasteiger partial charge on any atom is 0.319 e. The fourth-order valence-electron chi connectivity index (χ4n) is 3.25. The van der Waals surface area contributed by atoms with Gasteiger partial charge in [0.2, 0.25) is 0 Å². The maximum atomic E-state index is 13.1. The van der Waals surface area contributed by atoms with E-state index in [0.29, 0.717) is 40.6 Å². The summed E-state index contributed by atoms with van der Waals surface area (Å²) in [6, 6.07) is 9.46. The lowest BCUT2D eigenvalue weighted by Gasteiger charge is -2.29. The van der Waals surface area contributed by atoms with Crippen LogP contribution >= 0.6 is 0 Å². The SMILES string of the molecule is CCOc1ccc([C@@H]2NC(=O)NC(C)=C2C(=O)Nc2ccc([N+](=O)[O-])cc2)cc1OC. The van der Waals surface area contributed by atoms with Gasteiger partial charge in [-0.3, -0.25) is 14.9 Å². The fourth-order valence-corrected chi connectivity index (χ4v) is 3.25. The Morgan fingerprint density at radius 1 is 1.19 bits per heavy atom. The van der Waals surface area contributed by atoms with Crippen LogP contribution in [0, 0.1) is 10.1 Å². The Bertz CT molecular complexity index is 1050. The van der Waals surface area contributed by atoms with Gasteiger partial charge < -0.3 is 25.4 Å². The number of nitrogens with one attached hydrogen (secondary N) is 3. The minimum Gasteiger partial charge on any atom is -0.493 e. The summed E-state index contributed by atoms with van der Waals surface area (Å²) in [5.41, 5.74) is 1.61. The molecule has 3 amide bonds. The van der Waals surface area contributed by atoms with Crippen LogP contribution in [0.2, 0.25) is 0 Å². The number of ether oxygens (including phenoxy) is 2. The normalized spacial score (nSPS) is 15.6. The van der Waals surface area contributed by atoms with Gasteiger partial charge in [0, 0.05) is 23.5 Å². The zero-order chi connectivity index (χ0) is 22.5. The number of nitro groups is 1. The molecule has 3 rings (SSSR count). The molecule has 0 saturated heterocycles. The molecule has 0 aliphatic carbocycles. The smallest absolute Gasteiger partial charge is 0.319 e. The molecule has 1 aliphatic rings. The van der Waals surface area contributed by atoms with Crippen LogP contribution in [-0.2, 0) is 4.79 Å². The van der Waals surface area contributed by atoms with Gasteiger partial charge in [0.15, 0.2) is 11.5 Å². The molecular weight excluding hydrogens is 404 g/mol. The number of non-ortho nitro benzene ring substituents is 1. The topological polar surface area (TPSA) is 132 Å². The van der Waals surface area contributed by atoms with Crippen molar-refractivity contribution in [3.05, 3.63) is 69.4 Å². The lowest BCUT2D eigenvalue weighted by atomic mass is 9.94. The van der Waals surface area contributed by atoms with Crippen molar-refractivity contribution in [2.45, 2.75) is 19.9 Å². The number of allylic oxidation sites excluding steroid dienone is 1. The molecular formula is C21H22N4O6. The Morgan fingerprint density at radius 2 is 1.90 bits per heavy atom. The first kappa shape index (κ1) is 21.6. The van der Waals surface area contributed by atoms with Crippen molar-refractivity contribution in [2.24, 2.45) is 0 Å². The average Bonchev–Trinajstić information content (AvgIpc) is 2.74. The van der Waals surface area contributed by atoms with E-state index in [1.807, 2.05) is 6.92 Å². The Hall–Kier alpha value is -4.08. The molecule has 0 aromatic heterocycles. The number of carbonyl (C=O) groups excluding carboxylic acids is 2. The van der Waals surface area contributed by atoms with Crippen molar-refractivity contribution in [1.82, 2.24) is 10.6 Å². The molecule has 2 aromatic rings. The van der Waals surface area contributed by atoms with Crippen molar-refractivity contribution in [3.8, 4) is 11.5 Å². The minimum absolute atomic E-state index is 0.0839. The summed E-state index contributed by atoms with van der Waals surface area (Å²) < 4.78 is 10.9. The third kappa shape index (κ3) is 4.74. The van der Waals surface area contributed by atoms with E-state index in [1.54, 1.807) is 25.1 Å². The summed E-state index contributed by atoms with van der Waals surface area (Å²) in [7, 11) is 1.51. The first-order valence-electron chi connectivity index (χ1n) is 9.48. The lowest BCUT2D eigenvalue weighted by Crippen LogP contribution is -2.46. The summed E-state index contributed by atoms with van der Waals surface area (Å²) in [6.07, 6.45) is 0. The van der Waals surface area contributed by atoms with E-state index < -0.39 is 22.9 Å². The van der Waals surface area contributed by atoms with E-state index in [-0.39, 0.29) is 5.69 Å². The quantitative estimate of drug-likeness (QED) is 0.460. The third-order valence-electron chi connectivity index (χ3n) is 4.67. The van der Waals surface area contributed by atoms with Crippen molar-refractivity contribution >= 4 is 23.3 Å². The van der Waals surface area contributed by atoms with Crippen molar-refractivity contribution in [2.75, 3.05) is 19.0 Å². The second-order valence-electron chi connectivity index (χ2n) is 6.67. The van der Waals surface area contributed by atoms with Crippen LogP contribution in [0.3, 0.4) is 0 Å². The summed E-state index contributed by atoms with van der Waals surface area (Å²) in [6.45, 7) is 3.94. The number of amides is 3. The van der Waals surface area contributed by atoms with E-state index >= 15 is 0 Å². The number of rotatable bonds is 7. The number of urea groups is 1. The molecule has 0 saturated carbocycles. The number of methoxy groups -OCH3 is 1.